The second kappa shape index (κ2) is 8.91. The number of hydrogen-bond donors (Lipinski definition) is 1. The van der Waals surface area contributed by atoms with E-state index in [2.05, 4.69) is 5.32 Å². The Morgan fingerprint density at radius 3 is 2.43 bits per heavy atom. The molecule has 0 aliphatic rings. The number of hydrogen-bond acceptors (Lipinski definition) is 5. The number of nitrogens with zero attached hydrogens (tertiary/aromatic N) is 1. The van der Waals surface area contributed by atoms with Crippen LogP contribution in [-0.2, 0) is 14.3 Å². The van der Waals surface area contributed by atoms with Gasteiger partial charge in [-0.25, -0.2) is 9.18 Å². The highest BCUT2D eigenvalue weighted by Crippen LogP contribution is 2.30. The number of amides is 1. The highest BCUT2D eigenvalue weighted by atomic mass is 19.1. The van der Waals surface area contributed by atoms with E-state index < -0.39 is 29.4 Å². The largest absolute Gasteiger partial charge is 0.465 e. The fourth-order valence-electron chi connectivity index (χ4n) is 2.76. The van der Waals surface area contributed by atoms with Gasteiger partial charge in [0.2, 0.25) is 5.91 Å². The van der Waals surface area contributed by atoms with Gasteiger partial charge in [-0.3, -0.25) is 9.59 Å². The van der Waals surface area contributed by atoms with E-state index in [9.17, 15) is 18.8 Å². The van der Waals surface area contributed by atoms with Crippen molar-refractivity contribution in [1.82, 2.24) is 0 Å². The Kier molecular flexibility index (Phi) is 6.61. The van der Waals surface area contributed by atoms with Crippen molar-refractivity contribution < 1.29 is 23.5 Å². The van der Waals surface area contributed by atoms with Crippen LogP contribution >= 0.6 is 0 Å². The number of esters is 1. The first-order valence-electron chi connectivity index (χ1n) is 8.54. The smallest absolute Gasteiger partial charge is 0.338 e. The summed E-state index contributed by atoms with van der Waals surface area (Å²) < 4.78 is 18.2. The summed E-state index contributed by atoms with van der Waals surface area (Å²) in [5, 5.41) is 11.5. The summed E-state index contributed by atoms with van der Waals surface area (Å²) in [6.07, 6.45) is 0.0574. The Labute approximate surface area is 161 Å². The van der Waals surface area contributed by atoms with Crippen molar-refractivity contribution in [2.75, 3.05) is 12.4 Å². The minimum absolute atomic E-state index is 0.0574. The zero-order chi connectivity index (χ0) is 20.8. The summed E-state index contributed by atoms with van der Waals surface area (Å²) in [7, 11) is 1.22. The van der Waals surface area contributed by atoms with Gasteiger partial charge in [0, 0.05) is 12.1 Å². The topological polar surface area (TPSA) is 96.3 Å². The molecule has 0 aromatic heterocycles. The molecule has 7 heteroatoms. The van der Waals surface area contributed by atoms with Gasteiger partial charge in [-0.2, -0.15) is 5.26 Å². The number of nitrogens with one attached hydrogen (secondary N) is 1. The van der Waals surface area contributed by atoms with Gasteiger partial charge in [0.25, 0.3) is 0 Å². The van der Waals surface area contributed by atoms with E-state index in [4.69, 9.17) is 10.00 Å². The third kappa shape index (κ3) is 4.41. The number of ether oxygens (including phenoxy) is 1. The Bertz CT molecular complexity index is 979. The lowest BCUT2D eigenvalue weighted by molar-refractivity contribution is -0.128. The molecule has 144 valence electrons. The number of methoxy groups -OCH3 is 1. The first kappa shape index (κ1) is 20.8. The molecule has 6 nitrogen and oxygen atoms in total. The molecule has 0 spiro atoms. The maximum atomic E-state index is 13.4. The lowest BCUT2D eigenvalue weighted by atomic mass is 9.95. The van der Waals surface area contributed by atoms with Gasteiger partial charge in [-0.15, -0.1) is 0 Å². The summed E-state index contributed by atoms with van der Waals surface area (Å²) in [5.41, 5.74) is 2.16. The normalized spacial score (nSPS) is 11.2. The fourth-order valence-corrected chi connectivity index (χ4v) is 2.76. The lowest BCUT2D eigenvalue weighted by Crippen LogP contribution is -2.28. The molecular weight excluding hydrogens is 363 g/mol. The highest BCUT2D eigenvalue weighted by Gasteiger charge is 2.25. The average molecular weight is 382 g/mol. The summed E-state index contributed by atoms with van der Waals surface area (Å²) >= 11 is 0. The summed E-state index contributed by atoms with van der Waals surface area (Å²) in [6.45, 7) is 3.28. The molecule has 1 atom stereocenters. The molecule has 0 bridgehead atoms. The number of carbonyl (C=O) groups excluding carboxylic acids is 3. The molecule has 28 heavy (non-hydrogen) atoms. The van der Waals surface area contributed by atoms with E-state index in [0.29, 0.717) is 16.7 Å². The van der Waals surface area contributed by atoms with Gasteiger partial charge in [0.15, 0.2) is 11.7 Å². The zero-order valence-corrected chi connectivity index (χ0v) is 15.7. The average Bonchev–Trinajstić information content (AvgIpc) is 2.68. The van der Waals surface area contributed by atoms with E-state index >= 15 is 0 Å². The number of ketones is 1. The number of rotatable bonds is 6. The number of anilines is 1. The van der Waals surface area contributed by atoms with Crippen molar-refractivity contribution in [2.45, 2.75) is 20.3 Å². The molecule has 0 saturated carbocycles. The van der Waals surface area contributed by atoms with Crippen LogP contribution in [0.25, 0.3) is 11.1 Å². The van der Waals surface area contributed by atoms with Crippen molar-refractivity contribution in [2.24, 2.45) is 5.92 Å². The van der Waals surface area contributed by atoms with Crippen LogP contribution in [0.3, 0.4) is 0 Å². The van der Waals surface area contributed by atoms with Gasteiger partial charge in [0.1, 0.15) is 5.82 Å². The van der Waals surface area contributed by atoms with E-state index in [1.54, 1.807) is 32.0 Å². The third-order valence-corrected chi connectivity index (χ3v) is 4.23. The van der Waals surface area contributed by atoms with Gasteiger partial charge in [0.05, 0.1) is 18.7 Å². The highest BCUT2D eigenvalue weighted by molar-refractivity contribution is 6.10. The van der Waals surface area contributed by atoms with Gasteiger partial charge < -0.3 is 10.1 Å². The van der Waals surface area contributed by atoms with Crippen LogP contribution < -0.4 is 5.32 Å². The number of aryl methyl sites for hydroxylation is 1. The van der Waals surface area contributed by atoms with Crippen molar-refractivity contribution in [3.8, 4) is 17.2 Å². The van der Waals surface area contributed by atoms with Gasteiger partial charge >= 0.3 is 5.97 Å². The number of Topliss-reactive ketones (excluding diaryl/α,β-unsaturated/α-hetero) is 1. The van der Waals surface area contributed by atoms with Crippen molar-refractivity contribution in [3.05, 3.63) is 53.3 Å². The predicted molar refractivity (Wildman–Crippen MR) is 101 cm³/mol. The van der Waals surface area contributed by atoms with Gasteiger partial charge in [-0.1, -0.05) is 19.1 Å². The molecule has 1 amide bonds. The first-order valence-corrected chi connectivity index (χ1v) is 8.54. The van der Waals surface area contributed by atoms with E-state index in [0.717, 1.165) is 0 Å². The van der Waals surface area contributed by atoms with Crippen LogP contribution in [-0.4, -0.2) is 24.8 Å². The minimum atomic E-state index is -1.43. The molecule has 0 heterocycles. The molecule has 0 aliphatic heterocycles. The van der Waals surface area contributed by atoms with Crippen LogP contribution in [0, 0.1) is 30.0 Å². The predicted octanol–water partition coefficient (Wildman–Crippen LogP) is 3.65. The Morgan fingerprint density at radius 2 is 1.86 bits per heavy atom. The maximum Gasteiger partial charge on any atom is 0.338 e. The second-order valence-corrected chi connectivity index (χ2v) is 6.08. The zero-order valence-electron chi connectivity index (χ0n) is 15.7. The van der Waals surface area contributed by atoms with Crippen molar-refractivity contribution in [3.63, 3.8) is 0 Å². The number of carbonyl (C=O) groups is 3. The monoisotopic (exact) mass is 382 g/mol. The number of nitriles is 1. The molecular formula is C21H19FN2O4. The van der Waals surface area contributed by atoms with Crippen LogP contribution in [0.15, 0.2) is 36.4 Å². The van der Waals surface area contributed by atoms with Crippen LogP contribution in [0.5, 0.6) is 0 Å². The molecule has 0 saturated heterocycles. The minimum Gasteiger partial charge on any atom is -0.465 e. The quantitative estimate of drug-likeness (QED) is 0.608. The Balaban J connectivity index is 2.45. The molecule has 1 N–H and O–H groups in total. The molecule has 2 aromatic carbocycles. The van der Waals surface area contributed by atoms with E-state index in [-0.39, 0.29) is 17.7 Å². The fraction of sp³-hybridized carbons (Fsp3) is 0.238. The van der Waals surface area contributed by atoms with E-state index in [1.807, 2.05) is 0 Å². The SMILES string of the molecule is CCC(=O)C(C#N)C(=O)Nc1ccc(-c2ccc(F)cc2C)c(C(=O)OC)c1. The third-order valence-electron chi connectivity index (χ3n) is 4.23. The number of benzene rings is 2. The van der Waals surface area contributed by atoms with Crippen LogP contribution in [0.4, 0.5) is 10.1 Å². The van der Waals surface area contributed by atoms with Crippen molar-refractivity contribution >= 4 is 23.3 Å². The summed E-state index contributed by atoms with van der Waals surface area (Å²) in [4.78, 5) is 36.2. The van der Waals surface area contributed by atoms with Gasteiger partial charge in [-0.05, 0) is 47.9 Å². The molecule has 2 aromatic rings. The van der Waals surface area contributed by atoms with Crippen LogP contribution in [0.1, 0.15) is 29.3 Å². The van der Waals surface area contributed by atoms with E-state index in [1.165, 1.54) is 31.4 Å². The standard InChI is InChI=1S/C21H19FN2O4/c1-4-19(25)18(11-23)20(26)24-14-6-8-16(17(10-14)21(27)28-3)15-7-5-13(22)9-12(15)2/h5-10,18H,4H2,1-3H3,(H,24,26). The lowest BCUT2D eigenvalue weighted by Gasteiger charge is -2.14. The molecule has 2 rings (SSSR count). The molecule has 0 fully saturated rings. The van der Waals surface area contributed by atoms with Crippen LogP contribution in [0.2, 0.25) is 0 Å². The Hall–Kier alpha value is -3.53. The van der Waals surface area contributed by atoms with Crippen molar-refractivity contribution in [1.29, 1.82) is 5.26 Å². The molecule has 0 aliphatic carbocycles. The first-order chi connectivity index (χ1) is 13.3. The Morgan fingerprint density at radius 1 is 1.18 bits per heavy atom. The summed E-state index contributed by atoms with van der Waals surface area (Å²) in [6, 6.07) is 10.4. The molecule has 1 unspecified atom stereocenters. The molecule has 0 radical (unpaired) electrons. The maximum absolute atomic E-state index is 13.4. The second-order valence-electron chi connectivity index (χ2n) is 6.08. The number of halogens is 1. The summed E-state index contributed by atoms with van der Waals surface area (Å²) in [5.74, 6) is -3.72.